The van der Waals surface area contributed by atoms with Crippen molar-refractivity contribution in [2.75, 3.05) is 13.1 Å². The molecule has 2 N–H and O–H groups in total. The van der Waals surface area contributed by atoms with Crippen LogP contribution in [0.25, 0.3) is 0 Å². The van der Waals surface area contributed by atoms with Crippen LogP contribution in [0.3, 0.4) is 0 Å². The summed E-state index contributed by atoms with van der Waals surface area (Å²) in [7, 11) is 0. The van der Waals surface area contributed by atoms with E-state index in [4.69, 9.17) is 0 Å². The number of aliphatic hydroxyl groups is 1. The zero-order valence-corrected chi connectivity index (χ0v) is 9.88. The average Bonchev–Trinajstić information content (AvgIpc) is 2.19. The first-order chi connectivity index (χ1) is 7.13. The fourth-order valence-electron chi connectivity index (χ4n) is 1.71. The van der Waals surface area contributed by atoms with Crippen LogP contribution >= 0.6 is 0 Å². The van der Waals surface area contributed by atoms with Gasteiger partial charge in [0.05, 0.1) is 6.10 Å². The molecule has 0 saturated carbocycles. The van der Waals surface area contributed by atoms with E-state index in [0.717, 1.165) is 13.0 Å². The number of rotatable bonds is 5. The summed E-state index contributed by atoms with van der Waals surface area (Å²) in [4.78, 5) is 0. The van der Waals surface area contributed by atoms with Gasteiger partial charge in [0.15, 0.2) is 0 Å². The van der Waals surface area contributed by atoms with Crippen LogP contribution in [0.4, 0.5) is 0 Å². The third kappa shape index (κ3) is 4.02. The average molecular weight is 207 g/mol. The van der Waals surface area contributed by atoms with E-state index in [0.29, 0.717) is 6.54 Å². The molecule has 0 spiro atoms. The lowest BCUT2D eigenvalue weighted by molar-refractivity contribution is 0.172. The van der Waals surface area contributed by atoms with E-state index < -0.39 is 0 Å². The summed E-state index contributed by atoms with van der Waals surface area (Å²) in [5, 5.41) is 12.9. The van der Waals surface area contributed by atoms with Gasteiger partial charge in [0, 0.05) is 6.54 Å². The molecule has 2 nitrogen and oxygen atoms in total. The summed E-state index contributed by atoms with van der Waals surface area (Å²) in [6.07, 6.45) is 0.449. The summed E-state index contributed by atoms with van der Waals surface area (Å²) < 4.78 is 0. The molecule has 0 aliphatic carbocycles. The molecule has 0 saturated heterocycles. The lowest BCUT2D eigenvalue weighted by Gasteiger charge is -2.13. The SMILES string of the molecule is CCNCC(O)Cc1ccc(C)cc1C. The van der Waals surface area contributed by atoms with Gasteiger partial charge in [-0.25, -0.2) is 0 Å². The molecule has 0 bridgehead atoms. The van der Waals surface area contributed by atoms with E-state index in [9.17, 15) is 5.11 Å². The highest BCUT2D eigenvalue weighted by atomic mass is 16.3. The van der Waals surface area contributed by atoms with E-state index >= 15 is 0 Å². The first kappa shape index (κ1) is 12.2. The van der Waals surface area contributed by atoms with Crippen LogP contribution in [0, 0.1) is 13.8 Å². The fraction of sp³-hybridized carbons (Fsp3) is 0.538. The third-order valence-corrected chi connectivity index (χ3v) is 2.58. The second-order valence-corrected chi connectivity index (χ2v) is 4.10. The molecule has 0 amide bonds. The van der Waals surface area contributed by atoms with Gasteiger partial charge in [-0.05, 0) is 37.9 Å². The van der Waals surface area contributed by atoms with Crippen molar-refractivity contribution in [3.05, 3.63) is 34.9 Å². The van der Waals surface area contributed by atoms with Gasteiger partial charge in [0.2, 0.25) is 0 Å². The third-order valence-electron chi connectivity index (χ3n) is 2.58. The minimum absolute atomic E-state index is 0.286. The van der Waals surface area contributed by atoms with Crippen LogP contribution in [0.2, 0.25) is 0 Å². The van der Waals surface area contributed by atoms with E-state index in [-0.39, 0.29) is 6.10 Å². The topological polar surface area (TPSA) is 32.3 Å². The summed E-state index contributed by atoms with van der Waals surface area (Å²) in [6, 6.07) is 6.37. The van der Waals surface area contributed by atoms with Crippen LogP contribution in [0.1, 0.15) is 23.6 Å². The standard InChI is InChI=1S/C13H21NO/c1-4-14-9-13(15)8-12-6-5-10(2)7-11(12)3/h5-7,13-15H,4,8-9H2,1-3H3. The second kappa shape index (κ2) is 5.89. The number of aryl methyl sites for hydroxylation is 2. The van der Waals surface area contributed by atoms with E-state index in [1.54, 1.807) is 0 Å². The van der Waals surface area contributed by atoms with Crippen molar-refractivity contribution in [2.24, 2.45) is 0 Å². The first-order valence-electron chi connectivity index (χ1n) is 5.58. The van der Waals surface area contributed by atoms with Gasteiger partial charge in [-0.3, -0.25) is 0 Å². The Labute approximate surface area is 92.3 Å². The molecule has 1 aromatic carbocycles. The highest BCUT2D eigenvalue weighted by Crippen LogP contribution is 2.12. The van der Waals surface area contributed by atoms with Crippen LogP contribution in [-0.4, -0.2) is 24.3 Å². The smallest absolute Gasteiger partial charge is 0.0704 e. The Hall–Kier alpha value is -0.860. The van der Waals surface area contributed by atoms with Gasteiger partial charge in [-0.15, -0.1) is 0 Å². The molecule has 0 aliphatic heterocycles. The van der Waals surface area contributed by atoms with E-state index in [1.165, 1.54) is 16.7 Å². The molecule has 0 radical (unpaired) electrons. The van der Waals surface area contributed by atoms with Gasteiger partial charge in [-0.2, -0.15) is 0 Å². The molecule has 0 heterocycles. The molecule has 84 valence electrons. The maximum Gasteiger partial charge on any atom is 0.0704 e. The van der Waals surface area contributed by atoms with Gasteiger partial charge in [-0.1, -0.05) is 30.7 Å². The second-order valence-electron chi connectivity index (χ2n) is 4.10. The number of hydrogen-bond donors (Lipinski definition) is 2. The number of aliphatic hydroxyl groups excluding tert-OH is 1. The molecule has 2 heteroatoms. The number of hydrogen-bond acceptors (Lipinski definition) is 2. The van der Waals surface area contributed by atoms with E-state index in [2.05, 4.69) is 37.4 Å². The van der Waals surface area contributed by atoms with Gasteiger partial charge in [0.25, 0.3) is 0 Å². The van der Waals surface area contributed by atoms with Crippen molar-refractivity contribution in [1.82, 2.24) is 5.32 Å². The van der Waals surface area contributed by atoms with E-state index in [1.807, 2.05) is 6.92 Å². The molecule has 0 fully saturated rings. The quantitative estimate of drug-likeness (QED) is 0.772. The molecule has 0 aromatic heterocycles. The molecular formula is C13H21NO. The largest absolute Gasteiger partial charge is 0.391 e. The molecule has 1 rings (SSSR count). The molecule has 1 unspecified atom stereocenters. The number of nitrogens with one attached hydrogen (secondary N) is 1. The molecule has 1 aromatic rings. The van der Waals surface area contributed by atoms with Crippen LogP contribution < -0.4 is 5.32 Å². The molecular weight excluding hydrogens is 186 g/mol. The Morgan fingerprint density at radius 2 is 2.07 bits per heavy atom. The van der Waals surface area contributed by atoms with Crippen molar-refractivity contribution in [1.29, 1.82) is 0 Å². The molecule has 0 aliphatic rings. The monoisotopic (exact) mass is 207 g/mol. The predicted molar refractivity (Wildman–Crippen MR) is 64.2 cm³/mol. The minimum atomic E-state index is -0.286. The Morgan fingerprint density at radius 1 is 1.33 bits per heavy atom. The van der Waals surface area contributed by atoms with Gasteiger partial charge < -0.3 is 10.4 Å². The highest BCUT2D eigenvalue weighted by Gasteiger charge is 2.06. The van der Waals surface area contributed by atoms with Crippen LogP contribution in [0.15, 0.2) is 18.2 Å². The predicted octanol–water partition coefficient (Wildman–Crippen LogP) is 1.82. The van der Waals surface area contributed by atoms with Crippen LogP contribution in [-0.2, 0) is 6.42 Å². The maximum absolute atomic E-state index is 9.76. The van der Waals surface area contributed by atoms with Gasteiger partial charge in [0.1, 0.15) is 0 Å². The normalized spacial score (nSPS) is 12.8. The Kier molecular flexibility index (Phi) is 4.79. The fourth-order valence-corrected chi connectivity index (χ4v) is 1.71. The highest BCUT2D eigenvalue weighted by molar-refractivity contribution is 5.30. The minimum Gasteiger partial charge on any atom is -0.391 e. The number of likely N-dealkylation sites (N-methyl/N-ethyl adjacent to an activating group) is 1. The molecule has 15 heavy (non-hydrogen) atoms. The Morgan fingerprint density at radius 3 is 2.67 bits per heavy atom. The Bertz CT molecular complexity index is 309. The van der Waals surface area contributed by atoms with Crippen molar-refractivity contribution in [3.63, 3.8) is 0 Å². The van der Waals surface area contributed by atoms with Crippen LogP contribution in [0.5, 0.6) is 0 Å². The lowest BCUT2D eigenvalue weighted by atomic mass is 10.0. The first-order valence-corrected chi connectivity index (χ1v) is 5.58. The van der Waals surface area contributed by atoms with Crippen molar-refractivity contribution >= 4 is 0 Å². The summed E-state index contributed by atoms with van der Waals surface area (Å²) in [6.45, 7) is 7.81. The van der Waals surface area contributed by atoms with Gasteiger partial charge >= 0.3 is 0 Å². The molecule has 1 atom stereocenters. The zero-order chi connectivity index (χ0) is 11.3. The summed E-state index contributed by atoms with van der Waals surface area (Å²) in [5.74, 6) is 0. The zero-order valence-electron chi connectivity index (χ0n) is 9.88. The summed E-state index contributed by atoms with van der Waals surface area (Å²) >= 11 is 0. The van der Waals surface area contributed by atoms with Crippen molar-refractivity contribution < 1.29 is 5.11 Å². The van der Waals surface area contributed by atoms with Crippen molar-refractivity contribution in [2.45, 2.75) is 33.3 Å². The van der Waals surface area contributed by atoms with Crippen molar-refractivity contribution in [3.8, 4) is 0 Å². The maximum atomic E-state index is 9.76. The lowest BCUT2D eigenvalue weighted by Crippen LogP contribution is -2.28. The summed E-state index contributed by atoms with van der Waals surface area (Å²) in [5.41, 5.74) is 3.79. The number of benzene rings is 1. The Balaban J connectivity index is 2.56.